The summed E-state index contributed by atoms with van der Waals surface area (Å²) in [6.45, 7) is 2.26. The summed E-state index contributed by atoms with van der Waals surface area (Å²) >= 11 is 0. The molecule has 1 aromatic rings. The van der Waals surface area contributed by atoms with Gasteiger partial charge in [-0.25, -0.2) is 0 Å². The van der Waals surface area contributed by atoms with Crippen LogP contribution in [0.25, 0.3) is 5.57 Å². The Balaban J connectivity index is 1.94. The fraction of sp³-hybridized carbons (Fsp3) is 0.500. The first kappa shape index (κ1) is 12.3. The zero-order valence-electron chi connectivity index (χ0n) is 11.8. The first-order valence-electron chi connectivity index (χ1n) is 7.64. The number of ketones is 1. The Hall–Kier alpha value is -1.41. The zero-order chi connectivity index (χ0) is 13.9. The maximum absolute atomic E-state index is 12.4. The molecule has 0 aromatic heterocycles. The Bertz CT molecular complexity index is 616. The molecule has 0 bridgehead atoms. The van der Waals surface area contributed by atoms with Gasteiger partial charge in [0.2, 0.25) is 0 Å². The van der Waals surface area contributed by atoms with Crippen LogP contribution in [0.15, 0.2) is 30.3 Å². The van der Waals surface area contributed by atoms with Crippen molar-refractivity contribution >= 4 is 11.4 Å². The summed E-state index contributed by atoms with van der Waals surface area (Å²) in [5.41, 5.74) is 3.21. The Labute approximate surface area is 119 Å². The summed E-state index contributed by atoms with van der Waals surface area (Å²) in [5, 5.41) is 10.5. The molecule has 3 aliphatic rings. The summed E-state index contributed by atoms with van der Waals surface area (Å²) < 4.78 is 0. The average molecular weight is 268 g/mol. The number of rotatable bonds is 0. The van der Waals surface area contributed by atoms with Crippen LogP contribution in [0.3, 0.4) is 0 Å². The third kappa shape index (κ3) is 1.46. The summed E-state index contributed by atoms with van der Waals surface area (Å²) in [4.78, 5) is 12.4. The largest absolute Gasteiger partial charge is 0.388 e. The number of carbonyl (C=O) groups excluding carboxylic acids is 1. The van der Waals surface area contributed by atoms with Gasteiger partial charge in [-0.15, -0.1) is 0 Å². The van der Waals surface area contributed by atoms with Gasteiger partial charge in [-0.3, -0.25) is 4.79 Å². The van der Waals surface area contributed by atoms with Crippen LogP contribution in [-0.4, -0.2) is 10.9 Å². The van der Waals surface area contributed by atoms with Crippen LogP contribution in [-0.2, 0) is 4.79 Å². The molecule has 0 aliphatic heterocycles. The molecule has 0 unspecified atom stereocenters. The maximum Gasteiger partial charge on any atom is 0.159 e. The van der Waals surface area contributed by atoms with Crippen molar-refractivity contribution in [3.63, 3.8) is 0 Å². The lowest BCUT2D eigenvalue weighted by Crippen LogP contribution is -2.41. The van der Waals surface area contributed by atoms with Crippen molar-refractivity contribution in [2.45, 2.75) is 38.7 Å². The Kier molecular flexibility index (Phi) is 2.50. The molecular formula is C18H20O2. The number of benzene rings is 1. The molecule has 2 heteroatoms. The molecule has 0 spiro atoms. The summed E-state index contributed by atoms with van der Waals surface area (Å²) in [6.07, 6.45) is 5.54. The number of fused-ring (bicyclic) bond motifs is 5. The van der Waals surface area contributed by atoms with Crippen LogP contribution in [0, 0.1) is 17.3 Å². The van der Waals surface area contributed by atoms with E-state index in [0.29, 0.717) is 11.7 Å². The monoisotopic (exact) mass is 268 g/mol. The molecule has 3 aliphatic carbocycles. The van der Waals surface area contributed by atoms with Gasteiger partial charge in [0, 0.05) is 5.92 Å². The van der Waals surface area contributed by atoms with Crippen LogP contribution >= 0.6 is 0 Å². The lowest BCUT2D eigenvalue weighted by Gasteiger charge is -2.48. The minimum atomic E-state index is -0.400. The lowest BCUT2D eigenvalue weighted by molar-refractivity contribution is -0.121. The molecule has 1 saturated carbocycles. The van der Waals surface area contributed by atoms with Gasteiger partial charge in [0.25, 0.3) is 0 Å². The van der Waals surface area contributed by atoms with Gasteiger partial charge >= 0.3 is 0 Å². The molecule has 20 heavy (non-hydrogen) atoms. The van der Waals surface area contributed by atoms with Gasteiger partial charge in [0.1, 0.15) is 0 Å². The van der Waals surface area contributed by atoms with E-state index in [1.807, 2.05) is 24.3 Å². The molecule has 1 fully saturated rings. The second kappa shape index (κ2) is 4.05. The van der Waals surface area contributed by atoms with Crippen molar-refractivity contribution in [2.24, 2.45) is 17.3 Å². The first-order chi connectivity index (χ1) is 9.61. The molecule has 1 aromatic carbocycles. The number of hydrogen-bond donors (Lipinski definition) is 1. The van der Waals surface area contributed by atoms with Crippen LogP contribution in [0.1, 0.15) is 49.8 Å². The summed E-state index contributed by atoms with van der Waals surface area (Å²) in [7, 11) is 0. The predicted molar refractivity (Wildman–Crippen MR) is 77.9 cm³/mol. The molecule has 104 valence electrons. The average Bonchev–Trinajstić information content (AvgIpc) is 2.93. The quantitative estimate of drug-likeness (QED) is 0.781. The highest BCUT2D eigenvalue weighted by Gasteiger charge is 2.52. The normalized spacial score (nSPS) is 38.8. The van der Waals surface area contributed by atoms with Crippen molar-refractivity contribution in [1.29, 1.82) is 0 Å². The van der Waals surface area contributed by atoms with Crippen molar-refractivity contribution in [2.75, 3.05) is 0 Å². The van der Waals surface area contributed by atoms with Crippen molar-refractivity contribution in [1.82, 2.24) is 0 Å². The lowest BCUT2D eigenvalue weighted by atomic mass is 9.56. The Morgan fingerprint density at radius 2 is 2.05 bits per heavy atom. The summed E-state index contributed by atoms with van der Waals surface area (Å²) in [5.74, 6) is 0.922. The minimum absolute atomic E-state index is 0.0388. The predicted octanol–water partition coefficient (Wildman–Crippen LogP) is 3.51. The van der Waals surface area contributed by atoms with E-state index >= 15 is 0 Å². The van der Waals surface area contributed by atoms with E-state index < -0.39 is 6.10 Å². The van der Waals surface area contributed by atoms with Crippen LogP contribution in [0.4, 0.5) is 0 Å². The fourth-order valence-electron chi connectivity index (χ4n) is 4.87. The molecule has 1 N–H and O–H groups in total. The Morgan fingerprint density at radius 1 is 1.25 bits per heavy atom. The van der Waals surface area contributed by atoms with Gasteiger partial charge < -0.3 is 5.11 Å². The van der Waals surface area contributed by atoms with E-state index in [2.05, 4.69) is 13.0 Å². The van der Waals surface area contributed by atoms with Gasteiger partial charge in [-0.2, -0.15) is 0 Å². The molecular weight excluding hydrogens is 248 g/mol. The molecule has 0 amide bonds. The highest BCUT2D eigenvalue weighted by atomic mass is 16.3. The van der Waals surface area contributed by atoms with Gasteiger partial charge in [0.15, 0.2) is 5.78 Å². The number of aliphatic hydroxyl groups is 1. The highest BCUT2D eigenvalue weighted by molar-refractivity contribution is 6.02. The van der Waals surface area contributed by atoms with Crippen molar-refractivity contribution < 1.29 is 9.90 Å². The third-order valence-electron chi connectivity index (χ3n) is 5.83. The van der Waals surface area contributed by atoms with E-state index in [1.165, 1.54) is 5.57 Å². The van der Waals surface area contributed by atoms with E-state index in [-0.39, 0.29) is 11.3 Å². The van der Waals surface area contributed by atoms with Crippen molar-refractivity contribution in [3.05, 3.63) is 41.5 Å². The van der Waals surface area contributed by atoms with Crippen molar-refractivity contribution in [3.8, 4) is 0 Å². The second-order valence-corrected chi connectivity index (χ2v) is 6.83. The Morgan fingerprint density at radius 3 is 2.90 bits per heavy atom. The molecule has 2 nitrogen and oxygen atoms in total. The van der Waals surface area contributed by atoms with Gasteiger partial charge in [-0.1, -0.05) is 37.6 Å². The smallest absolute Gasteiger partial charge is 0.159 e. The second-order valence-electron chi connectivity index (χ2n) is 6.83. The zero-order valence-corrected chi connectivity index (χ0v) is 11.8. The van der Waals surface area contributed by atoms with Crippen LogP contribution in [0.5, 0.6) is 0 Å². The SMILES string of the molecule is C[C@@]12C[C@H](O)c3ccccc3C1=CC(=O)[C@@H]1CCC[C@H]12. The number of hydrogen-bond acceptors (Lipinski definition) is 2. The number of carbonyl (C=O) groups is 1. The summed E-state index contributed by atoms with van der Waals surface area (Å²) in [6, 6.07) is 8.02. The molecule has 4 atom stereocenters. The standard InChI is InChI=1S/C18H20O2/c1-18-10-17(20)12-6-3-2-5-11(12)15(18)9-16(19)13-7-4-8-14(13)18/h2-3,5-6,9,13-14,17,20H,4,7-8,10H2,1H3/t13-,14-,17+,18+/m1/s1. The molecule has 4 rings (SSSR count). The fourth-order valence-corrected chi connectivity index (χ4v) is 4.87. The van der Waals surface area contributed by atoms with E-state index in [0.717, 1.165) is 36.8 Å². The third-order valence-corrected chi connectivity index (χ3v) is 5.83. The van der Waals surface area contributed by atoms with Crippen LogP contribution in [0.2, 0.25) is 0 Å². The topological polar surface area (TPSA) is 37.3 Å². The highest BCUT2D eigenvalue weighted by Crippen LogP contribution is 2.60. The van der Waals surface area contributed by atoms with E-state index in [4.69, 9.17) is 0 Å². The molecule has 0 radical (unpaired) electrons. The molecule has 0 saturated heterocycles. The van der Waals surface area contributed by atoms with E-state index in [9.17, 15) is 9.90 Å². The van der Waals surface area contributed by atoms with Gasteiger partial charge in [0.05, 0.1) is 6.10 Å². The number of allylic oxidation sites excluding steroid dienone is 2. The first-order valence-corrected chi connectivity index (χ1v) is 7.64. The van der Waals surface area contributed by atoms with Gasteiger partial charge in [-0.05, 0) is 53.4 Å². The number of aliphatic hydroxyl groups excluding tert-OH is 1. The minimum Gasteiger partial charge on any atom is -0.388 e. The van der Waals surface area contributed by atoms with E-state index in [1.54, 1.807) is 0 Å². The van der Waals surface area contributed by atoms with Crippen LogP contribution < -0.4 is 0 Å². The molecule has 0 heterocycles. The maximum atomic E-state index is 12.4.